The molecular formula is C5H5N2O. The summed E-state index contributed by atoms with van der Waals surface area (Å²) in [5.41, 5.74) is 0. The molecule has 1 heterocycles. The smallest absolute Gasteiger partial charge is 0.304 e. The van der Waals surface area contributed by atoms with E-state index in [1.807, 2.05) is 0 Å². The zero-order valence-electron chi connectivity index (χ0n) is 4.24. The summed E-state index contributed by atoms with van der Waals surface area (Å²) in [6.45, 7) is 0.542. The summed E-state index contributed by atoms with van der Waals surface area (Å²) in [4.78, 5) is 15.0. The van der Waals surface area contributed by atoms with Gasteiger partial charge in [-0.25, -0.2) is 0 Å². The van der Waals surface area contributed by atoms with Crippen LogP contribution in [-0.2, 0) is 4.79 Å². The monoisotopic (exact) mass is 109 g/mol. The van der Waals surface area contributed by atoms with Gasteiger partial charge in [0.15, 0.2) is 0 Å². The predicted molar refractivity (Wildman–Crippen MR) is 30.0 cm³/mol. The number of aliphatic imine (C=N–C) groups is 1. The fourth-order valence-corrected chi connectivity index (χ4v) is 0.443. The standard InChI is InChI=1S/C5H5N2O/c8-5-7-3-1-6-2-4-7/h1-3H,4H2. The fourth-order valence-electron chi connectivity index (χ4n) is 0.443. The maximum Gasteiger partial charge on any atom is 0.316 e. The Labute approximate surface area is 47.3 Å². The first-order chi connectivity index (χ1) is 3.93. The molecule has 3 nitrogen and oxygen atoms in total. The summed E-state index contributed by atoms with van der Waals surface area (Å²) in [7, 11) is 0. The molecule has 0 saturated carbocycles. The van der Waals surface area contributed by atoms with Crippen LogP contribution in [0.3, 0.4) is 0 Å². The molecule has 41 valence electrons. The Morgan fingerprint density at radius 3 is 3.00 bits per heavy atom. The summed E-state index contributed by atoms with van der Waals surface area (Å²) in [5.74, 6) is 0. The van der Waals surface area contributed by atoms with Crippen molar-refractivity contribution in [2.75, 3.05) is 6.54 Å². The lowest BCUT2D eigenvalue weighted by atomic mass is 10.5. The molecule has 0 aromatic heterocycles. The lowest BCUT2D eigenvalue weighted by Gasteiger charge is -2.07. The van der Waals surface area contributed by atoms with Gasteiger partial charge in [0.25, 0.3) is 0 Å². The van der Waals surface area contributed by atoms with Gasteiger partial charge >= 0.3 is 6.41 Å². The number of rotatable bonds is 1. The van der Waals surface area contributed by atoms with Gasteiger partial charge in [-0.05, 0) is 0 Å². The molecule has 0 fully saturated rings. The molecule has 1 amide bonds. The number of hydrogen-bond acceptors (Lipinski definition) is 2. The van der Waals surface area contributed by atoms with E-state index in [0.29, 0.717) is 6.54 Å². The highest BCUT2D eigenvalue weighted by Gasteiger charge is 1.95. The van der Waals surface area contributed by atoms with Crippen molar-refractivity contribution < 1.29 is 4.79 Å². The second-order valence-corrected chi connectivity index (χ2v) is 1.37. The van der Waals surface area contributed by atoms with Crippen LogP contribution in [0.15, 0.2) is 17.4 Å². The number of hydrogen-bond donors (Lipinski definition) is 0. The van der Waals surface area contributed by atoms with Crippen molar-refractivity contribution in [3.05, 3.63) is 12.4 Å². The Morgan fingerprint density at radius 1 is 1.75 bits per heavy atom. The molecule has 0 N–H and O–H groups in total. The van der Waals surface area contributed by atoms with Gasteiger partial charge in [0.2, 0.25) is 0 Å². The van der Waals surface area contributed by atoms with Crippen LogP contribution in [-0.4, -0.2) is 24.1 Å². The maximum atomic E-state index is 9.85. The zero-order valence-corrected chi connectivity index (χ0v) is 4.24. The van der Waals surface area contributed by atoms with Crippen LogP contribution >= 0.6 is 0 Å². The third kappa shape index (κ3) is 0.932. The summed E-state index contributed by atoms with van der Waals surface area (Å²) in [6, 6.07) is 0. The summed E-state index contributed by atoms with van der Waals surface area (Å²) < 4.78 is 0. The molecule has 0 bridgehead atoms. The molecule has 1 rings (SSSR count). The van der Waals surface area contributed by atoms with E-state index in [-0.39, 0.29) is 0 Å². The second kappa shape index (κ2) is 2.26. The molecular weight excluding hydrogens is 104 g/mol. The van der Waals surface area contributed by atoms with E-state index in [0.717, 1.165) is 0 Å². The topological polar surface area (TPSA) is 32.7 Å². The van der Waals surface area contributed by atoms with Crippen LogP contribution < -0.4 is 0 Å². The zero-order chi connectivity index (χ0) is 5.82. The molecule has 0 aliphatic carbocycles. The largest absolute Gasteiger partial charge is 0.316 e. The Kier molecular flexibility index (Phi) is 1.42. The first kappa shape index (κ1) is 5.03. The van der Waals surface area contributed by atoms with Gasteiger partial charge < -0.3 is 4.90 Å². The van der Waals surface area contributed by atoms with E-state index in [1.54, 1.807) is 25.0 Å². The summed E-state index contributed by atoms with van der Waals surface area (Å²) in [6.07, 6.45) is 6.48. The van der Waals surface area contributed by atoms with Gasteiger partial charge in [-0.2, -0.15) is 0 Å². The average Bonchev–Trinajstić information content (AvgIpc) is 1.90. The molecule has 8 heavy (non-hydrogen) atoms. The molecule has 1 aliphatic heterocycles. The van der Waals surface area contributed by atoms with Crippen LogP contribution in [0.5, 0.6) is 0 Å². The molecule has 0 aromatic carbocycles. The van der Waals surface area contributed by atoms with Gasteiger partial charge in [-0.15, -0.1) is 0 Å². The van der Waals surface area contributed by atoms with E-state index in [4.69, 9.17) is 0 Å². The van der Waals surface area contributed by atoms with Gasteiger partial charge in [0.05, 0.1) is 6.54 Å². The van der Waals surface area contributed by atoms with Crippen molar-refractivity contribution in [2.24, 2.45) is 4.99 Å². The molecule has 0 atom stereocenters. The van der Waals surface area contributed by atoms with Crippen LogP contribution in [0.25, 0.3) is 0 Å². The third-order valence-corrected chi connectivity index (χ3v) is 0.834. The Balaban J connectivity index is 2.51. The molecule has 0 aromatic rings. The van der Waals surface area contributed by atoms with Crippen LogP contribution in [0.4, 0.5) is 0 Å². The Hall–Kier alpha value is -1.12. The molecule has 0 unspecified atom stereocenters. The second-order valence-electron chi connectivity index (χ2n) is 1.37. The van der Waals surface area contributed by atoms with Crippen LogP contribution in [0.1, 0.15) is 0 Å². The van der Waals surface area contributed by atoms with Gasteiger partial charge in [0, 0.05) is 18.6 Å². The Bertz CT molecular complexity index is 139. The minimum absolute atomic E-state index is 0.542. The SMILES string of the molecule is O=[C]N1C=CN=CC1. The first-order valence-electron chi connectivity index (χ1n) is 2.26. The fraction of sp³-hybridized carbons (Fsp3) is 0.200. The van der Waals surface area contributed by atoms with E-state index in [2.05, 4.69) is 4.99 Å². The summed E-state index contributed by atoms with van der Waals surface area (Å²) >= 11 is 0. The lowest BCUT2D eigenvalue weighted by Crippen LogP contribution is -2.18. The van der Waals surface area contributed by atoms with Crippen molar-refractivity contribution in [2.45, 2.75) is 0 Å². The highest BCUT2D eigenvalue weighted by atomic mass is 16.1. The van der Waals surface area contributed by atoms with Crippen molar-refractivity contribution in [1.29, 1.82) is 0 Å². The molecule has 0 saturated heterocycles. The molecule has 1 aliphatic rings. The first-order valence-corrected chi connectivity index (χ1v) is 2.26. The molecule has 0 spiro atoms. The quantitative estimate of drug-likeness (QED) is 0.463. The van der Waals surface area contributed by atoms with Gasteiger partial charge in [0.1, 0.15) is 0 Å². The van der Waals surface area contributed by atoms with Gasteiger partial charge in [-0.3, -0.25) is 9.79 Å². The molecule has 3 heteroatoms. The van der Waals surface area contributed by atoms with E-state index in [1.165, 1.54) is 4.90 Å². The van der Waals surface area contributed by atoms with Gasteiger partial charge in [-0.1, -0.05) is 0 Å². The van der Waals surface area contributed by atoms with Crippen LogP contribution in [0, 0.1) is 0 Å². The van der Waals surface area contributed by atoms with Crippen LogP contribution in [0.2, 0.25) is 0 Å². The highest BCUT2D eigenvalue weighted by molar-refractivity contribution is 5.67. The number of nitrogens with zero attached hydrogens (tertiary/aromatic N) is 2. The average molecular weight is 109 g/mol. The lowest BCUT2D eigenvalue weighted by molar-refractivity contribution is 0.487. The normalized spacial score (nSPS) is 16.8. The number of amides is 1. The Morgan fingerprint density at radius 2 is 2.62 bits per heavy atom. The predicted octanol–water partition coefficient (Wildman–Crippen LogP) is -0.0888. The van der Waals surface area contributed by atoms with E-state index >= 15 is 0 Å². The van der Waals surface area contributed by atoms with E-state index < -0.39 is 0 Å². The van der Waals surface area contributed by atoms with Crippen molar-refractivity contribution in [3.8, 4) is 0 Å². The highest BCUT2D eigenvalue weighted by Crippen LogP contribution is 1.88. The van der Waals surface area contributed by atoms with Crippen molar-refractivity contribution in [3.63, 3.8) is 0 Å². The molecule has 1 radical (unpaired) electrons. The summed E-state index contributed by atoms with van der Waals surface area (Å²) in [5, 5.41) is 0. The minimum atomic E-state index is 0.542. The maximum absolute atomic E-state index is 9.85. The van der Waals surface area contributed by atoms with Crippen molar-refractivity contribution >= 4 is 12.6 Å². The minimum Gasteiger partial charge on any atom is -0.304 e. The third-order valence-electron chi connectivity index (χ3n) is 0.834. The van der Waals surface area contributed by atoms with Crippen molar-refractivity contribution in [1.82, 2.24) is 4.90 Å². The van der Waals surface area contributed by atoms with E-state index in [9.17, 15) is 4.79 Å². The number of carbonyl (C=O) groups excluding carboxylic acids is 1.